The molecule has 0 bridgehead atoms. The molecule has 86 valence electrons. The van der Waals surface area contributed by atoms with Crippen molar-refractivity contribution in [2.75, 3.05) is 0 Å². The molecule has 3 nitrogen and oxygen atoms in total. The molecule has 1 aromatic carbocycles. The maximum Gasteiger partial charge on any atom is 0.240 e. The second-order valence-electron chi connectivity index (χ2n) is 4.53. The minimum absolute atomic E-state index is 0.00569. The summed E-state index contributed by atoms with van der Waals surface area (Å²) in [6.07, 6.45) is 3.76. The number of nitrogens with two attached hydrogens (primary N) is 1. The van der Waals surface area contributed by atoms with E-state index in [0.717, 1.165) is 31.2 Å². The molecular formula is C13H18N2O. The molecule has 1 aromatic rings. The van der Waals surface area contributed by atoms with Crippen LogP contribution in [-0.2, 0) is 11.3 Å². The summed E-state index contributed by atoms with van der Waals surface area (Å²) in [5.74, 6) is -0.00569. The molecule has 0 unspecified atom stereocenters. The number of hydrogen-bond acceptors (Lipinski definition) is 2. The van der Waals surface area contributed by atoms with Crippen LogP contribution in [0.5, 0.6) is 0 Å². The van der Waals surface area contributed by atoms with Crippen molar-refractivity contribution in [3.05, 3.63) is 35.9 Å². The van der Waals surface area contributed by atoms with Gasteiger partial charge in [-0.2, -0.15) is 0 Å². The van der Waals surface area contributed by atoms with Crippen molar-refractivity contribution < 1.29 is 4.79 Å². The topological polar surface area (TPSA) is 55.1 Å². The average Bonchev–Trinajstić information content (AvgIpc) is 2.76. The lowest BCUT2D eigenvalue weighted by atomic mass is 9.98. The van der Waals surface area contributed by atoms with E-state index in [-0.39, 0.29) is 5.91 Å². The summed E-state index contributed by atoms with van der Waals surface area (Å²) in [7, 11) is 0. The first-order valence-corrected chi connectivity index (χ1v) is 5.82. The number of carbonyl (C=O) groups excluding carboxylic acids is 1. The van der Waals surface area contributed by atoms with Gasteiger partial charge in [-0.3, -0.25) is 4.79 Å². The van der Waals surface area contributed by atoms with E-state index in [4.69, 9.17) is 5.73 Å². The zero-order chi connectivity index (χ0) is 11.4. The van der Waals surface area contributed by atoms with Crippen LogP contribution in [0.2, 0.25) is 0 Å². The maximum absolute atomic E-state index is 11.9. The van der Waals surface area contributed by atoms with Gasteiger partial charge in [-0.15, -0.1) is 0 Å². The molecule has 0 aliphatic heterocycles. The second kappa shape index (κ2) is 4.66. The Morgan fingerprint density at radius 1 is 1.25 bits per heavy atom. The smallest absolute Gasteiger partial charge is 0.240 e. The minimum atomic E-state index is -0.616. The molecule has 1 fully saturated rings. The monoisotopic (exact) mass is 218 g/mol. The summed E-state index contributed by atoms with van der Waals surface area (Å²) >= 11 is 0. The van der Waals surface area contributed by atoms with E-state index in [2.05, 4.69) is 5.32 Å². The Morgan fingerprint density at radius 3 is 2.50 bits per heavy atom. The van der Waals surface area contributed by atoms with Crippen LogP contribution in [-0.4, -0.2) is 11.4 Å². The van der Waals surface area contributed by atoms with Gasteiger partial charge >= 0.3 is 0 Å². The normalized spacial score (nSPS) is 18.3. The Kier molecular flexibility index (Phi) is 3.25. The Balaban J connectivity index is 1.89. The van der Waals surface area contributed by atoms with Crippen LogP contribution in [0.15, 0.2) is 30.3 Å². The average molecular weight is 218 g/mol. The van der Waals surface area contributed by atoms with Crippen LogP contribution in [0.25, 0.3) is 0 Å². The SMILES string of the molecule is NC1(C(=O)NCc2ccccc2)CCCC1. The molecule has 0 aromatic heterocycles. The Bertz CT molecular complexity index is 355. The Labute approximate surface area is 96.0 Å². The first-order chi connectivity index (χ1) is 7.71. The number of hydrogen-bond donors (Lipinski definition) is 2. The van der Waals surface area contributed by atoms with Crippen molar-refractivity contribution in [3.63, 3.8) is 0 Å². The fourth-order valence-corrected chi connectivity index (χ4v) is 2.19. The van der Waals surface area contributed by atoms with Crippen molar-refractivity contribution in [1.29, 1.82) is 0 Å². The molecule has 0 saturated heterocycles. The van der Waals surface area contributed by atoms with Crippen LogP contribution in [0.1, 0.15) is 31.2 Å². The van der Waals surface area contributed by atoms with E-state index in [1.165, 1.54) is 0 Å². The first-order valence-electron chi connectivity index (χ1n) is 5.82. The van der Waals surface area contributed by atoms with Crippen LogP contribution in [0.3, 0.4) is 0 Å². The zero-order valence-electron chi connectivity index (χ0n) is 9.41. The van der Waals surface area contributed by atoms with Crippen LogP contribution in [0.4, 0.5) is 0 Å². The zero-order valence-corrected chi connectivity index (χ0v) is 9.41. The van der Waals surface area contributed by atoms with Gasteiger partial charge in [0.1, 0.15) is 0 Å². The summed E-state index contributed by atoms with van der Waals surface area (Å²) in [5, 5.41) is 2.92. The highest BCUT2D eigenvalue weighted by Gasteiger charge is 2.36. The lowest BCUT2D eigenvalue weighted by Crippen LogP contribution is -2.51. The van der Waals surface area contributed by atoms with Crippen molar-refractivity contribution in [2.24, 2.45) is 5.73 Å². The molecular weight excluding hydrogens is 200 g/mol. The summed E-state index contributed by atoms with van der Waals surface area (Å²) in [5.41, 5.74) is 6.55. The van der Waals surface area contributed by atoms with Gasteiger partial charge < -0.3 is 11.1 Å². The Hall–Kier alpha value is -1.35. The van der Waals surface area contributed by atoms with E-state index in [1.54, 1.807) is 0 Å². The molecule has 2 rings (SSSR count). The summed E-state index contributed by atoms with van der Waals surface area (Å²) in [6.45, 7) is 0.568. The van der Waals surface area contributed by atoms with Gasteiger partial charge in [-0.05, 0) is 18.4 Å². The van der Waals surface area contributed by atoms with E-state index in [9.17, 15) is 4.79 Å². The molecule has 16 heavy (non-hydrogen) atoms. The van der Waals surface area contributed by atoms with Gasteiger partial charge in [0, 0.05) is 6.54 Å². The van der Waals surface area contributed by atoms with Crippen molar-refractivity contribution in [1.82, 2.24) is 5.32 Å². The molecule has 0 heterocycles. The number of rotatable bonds is 3. The molecule has 1 aliphatic carbocycles. The molecule has 1 amide bonds. The summed E-state index contributed by atoms with van der Waals surface area (Å²) in [6, 6.07) is 9.90. The van der Waals surface area contributed by atoms with Gasteiger partial charge in [0.15, 0.2) is 0 Å². The van der Waals surface area contributed by atoms with Gasteiger partial charge in [0.2, 0.25) is 5.91 Å². The number of benzene rings is 1. The van der Waals surface area contributed by atoms with Crippen LogP contribution < -0.4 is 11.1 Å². The highest BCUT2D eigenvalue weighted by atomic mass is 16.2. The number of nitrogens with one attached hydrogen (secondary N) is 1. The van der Waals surface area contributed by atoms with E-state index < -0.39 is 5.54 Å². The van der Waals surface area contributed by atoms with E-state index in [1.807, 2.05) is 30.3 Å². The van der Waals surface area contributed by atoms with Crippen molar-refractivity contribution in [2.45, 2.75) is 37.8 Å². The third-order valence-corrected chi connectivity index (χ3v) is 3.24. The van der Waals surface area contributed by atoms with Gasteiger partial charge in [-0.25, -0.2) is 0 Å². The highest BCUT2D eigenvalue weighted by molar-refractivity contribution is 5.86. The fourth-order valence-electron chi connectivity index (χ4n) is 2.19. The molecule has 0 atom stereocenters. The number of carbonyl (C=O) groups is 1. The van der Waals surface area contributed by atoms with Gasteiger partial charge in [-0.1, -0.05) is 43.2 Å². The lowest BCUT2D eigenvalue weighted by Gasteiger charge is -2.22. The lowest BCUT2D eigenvalue weighted by molar-refractivity contribution is -0.126. The van der Waals surface area contributed by atoms with Gasteiger partial charge in [0.05, 0.1) is 5.54 Å². The van der Waals surface area contributed by atoms with Crippen molar-refractivity contribution >= 4 is 5.91 Å². The number of amides is 1. The van der Waals surface area contributed by atoms with Gasteiger partial charge in [0.25, 0.3) is 0 Å². The second-order valence-corrected chi connectivity index (χ2v) is 4.53. The standard InChI is InChI=1S/C13H18N2O/c14-13(8-4-5-9-13)12(16)15-10-11-6-2-1-3-7-11/h1-3,6-7H,4-5,8-10,14H2,(H,15,16). The quantitative estimate of drug-likeness (QED) is 0.809. The predicted octanol–water partition coefficient (Wildman–Crippen LogP) is 1.57. The molecule has 0 radical (unpaired) electrons. The van der Waals surface area contributed by atoms with E-state index in [0.29, 0.717) is 6.54 Å². The first kappa shape index (κ1) is 11.1. The molecule has 3 N–H and O–H groups in total. The van der Waals surface area contributed by atoms with Crippen LogP contribution >= 0.6 is 0 Å². The predicted molar refractivity (Wildman–Crippen MR) is 63.7 cm³/mol. The maximum atomic E-state index is 11.9. The third kappa shape index (κ3) is 2.42. The summed E-state index contributed by atoms with van der Waals surface area (Å²) < 4.78 is 0. The largest absolute Gasteiger partial charge is 0.350 e. The molecule has 3 heteroatoms. The highest BCUT2D eigenvalue weighted by Crippen LogP contribution is 2.27. The fraction of sp³-hybridized carbons (Fsp3) is 0.462. The van der Waals surface area contributed by atoms with Crippen molar-refractivity contribution in [3.8, 4) is 0 Å². The molecule has 1 saturated carbocycles. The molecule has 0 spiro atoms. The van der Waals surface area contributed by atoms with Crippen LogP contribution in [0, 0.1) is 0 Å². The van der Waals surface area contributed by atoms with E-state index >= 15 is 0 Å². The third-order valence-electron chi connectivity index (χ3n) is 3.24. The molecule has 1 aliphatic rings. The Morgan fingerprint density at radius 2 is 1.88 bits per heavy atom. The summed E-state index contributed by atoms with van der Waals surface area (Å²) in [4.78, 5) is 11.9. The minimum Gasteiger partial charge on any atom is -0.350 e.